The molecule has 9 nitrogen and oxygen atoms in total. The lowest BCUT2D eigenvalue weighted by Crippen LogP contribution is -2.27. The van der Waals surface area contributed by atoms with Crippen LogP contribution >= 0.6 is 15.9 Å². The van der Waals surface area contributed by atoms with E-state index in [-0.39, 0.29) is 47.3 Å². The quantitative estimate of drug-likeness (QED) is 0.294. The Hall–Kier alpha value is -3.81. The van der Waals surface area contributed by atoms with Crippen LogP contribution in [-0.4, -0.2) is 57.3 Å². The summed E-state index contributed by atoms with van der Waals surface area (Å²) in [6.45, 7) is -0.681. The number of aromatic nitrogens is 3. The fourth-order valence-electron chi connectivity index (χ4n) is 3.82. The highest BCUT2D eigenvalue weighted by molar-refractivity contribution is 9.09. The first kappa shape index (κ1) is 26.3. The zero-order valence-electron chi connectivity index (χ0n) is 19.3. The molecule has 0 bridgehead atoms. The third-order valence-corrected chi connectivity index (χ3v) is 6.02. The Balaban J connectivity index is 1.67. The van der Waals surface area contributed by atoms with Crippen molar-refractivity contribution in [3.63, 3.8) is 0 Å². The number of hydrogen-bond acceptors (Lipinski definition) is 7. The van der Waals surface area contributed by atoms with E-state index >= 15 is 0 Å². The molecule has 0 aliphatic carbocycles. The summed E-state index contributed by atoms with van der Waals surface area (Å²) in [5.74, 6) is -1.18. The van der Waals surface area contributed by atoms with Crippen molar-refractivity contribution in [2.45, 2.75) is 12.7 Å². The molecule has 2 aromatic heterocycles. The van der Waals surface area contributed by atoms with E-state index in [0.29, 0.717) is 17.4 Å². The molecule has 3 aromatic rings. The summed E-state index contributed by atoms with van der Waals surface area (Å²) in [7, 11) is 1.36. The first-order chi connectivity index (χ1) is 17.6. The minimum absolute atomic E-state index is 0.104. The number of rotatable bonds is 8. The summed E-state index contributed by atoms with van der Waals surface area (Å²) >= 11 is 3.03. The molecule has 1 aromatic carbocycles. The van der Waals surface area contributed by atoms with E-state index in [1.165, 1.54) is 30.3 Å². The molecule has 1 aliphatic heterocycles. The number of halogens is 5. The van der Waals surface area contributed by atoms with Gasteiger partial charge in [-0.25, -0.2) is 14.4 Å². The fourth-order valence-corrected chi connectivity index (χ4v) is 3.96. The molecule has 0 saturated carbocycles. The maximum Gasteiger partial charge on any atom is 0.421 e. The molecule has 2 N–H and O–H groups in total. The smallest absolute Gasteiger partial charge is 0.332 e. The second-order valence-electron chi connectivity index (χ2n) is 7.95. The molecular weight excluding hydrogens is 562 g/mol. The van der Waals surface area contributed by atoms with Crippen molar-refractivity contribution < 1.29 is 27.2 Å². The molecule has 0 radical (unpaired) electrons. The van der Waals surface area contributed by atoms with E-state index in [4.69, 9.17) is 0 Å². The Morgan fingerprint density at radius 2 is 1.97 bits per heavy atom. The molecule has 0 spiro atoms. The van der Waals surface area contributed by atoms with Crippen molar-refractivity contribution >= 4 is 56.7 Å². The predicted octanol–water partition coefficient (Wildman–Crippen LogP) is 4.66. The van der Waals surface area contributed by atoms with Gasteiger partial charge in [-0.1, -0.05) is 28.1 Å². The largest absolute Gasteiger partial charge is 0.421 e. The summed E-state index contributed by atoms with van der Waals surface area (Å²) in [5, 5.41) is 5.44. The normalized spacial score (nSPS) is 12.9. The van der Waals surface area contributed by atoms with Crippen molar-refractivity contribution in [2.75, 3.05) is 41.1 Å². The molecule has 0 atom stereocenters. The first-order valence-electron chi connectivity index (χ1n) is 10.9. The Morgan fingerprint density at radius 3 is 2.62 bits per heavy atom. The van der Waals surface area contributed by atoms with Gasteiger partial charge in [-0.3, -0.25) is 9.59 Å². The van der Waals surface area contributed by atoms with E-state index in [2.05, 4.69) is 41.5 Å². The van der Waals surface area contributed by atoms with Crippen LogP contribution in [0.3, 0.4) is 0 Å². The molecule has 4 rings (SSSR count). The van der Waals surface area contributed by atoms with E-state index in [0.717, 1.165) is 4.90 Å². The van der Waals surface area contributed by atoms with Crippen LogP contribution < -0.4 is 15.5 Å². The van der Waals surface area contributed by atoms with Gasteiger partial charge in [-0.2, -0.15) is 18.2 Å². The topological polar surface area (TPSA) is 103 Å². The molecule has 0 saturated heterocycles. The molecular formula is C23H20BrF4N7O2. The number of benzene rings is 1. The van der Waals surface area contributed by atoms with Crippen LogP contribution in [0.1, 0.15) is 21.5 Å². The molecule has 1 aliphatic rings. The van der Waals surface area contributed by atoms with Crippen molar-refractivity contribution in [3.05, 3.63) is 59.4 Å². The van der Waals surface area contributed by atoms with E-state index in [1.807, 2.05) is 0 Å². The van der Waals surface area contributed by atoms with Crippen LogP contribution in [0.25, 0.3) is 0 Å². The standard InChI is InChI=1S/C23H20BrF4N7O2/c1-34(16-4-2-3-13-12-35(8-7-25)21(37)19(13)16)20-15(23(26,27)28)11-30-22(33-20)32-17-6-5-14(10-29-17)31-18(36)9-24/h2-6,10-11H,7-9,12H2,1H3,(H,31,36)(H,29,30,32,33). The fraction of sp³-hybridized carbons (Fsp3) is 0.261. The van der Waals surface area contributed by atoms with E-state index < -0.39 is 30.1 Å². The van der Waals surface area contributed by atoms with Gasteiger partial charge in [0.05, 0.1) is 28.5 Å². The molecule has 37 heavy (non-hydrogen) atoms. The number of carbonyl (C=O) groups excluding carboxylic acids is 2. The average Bonchev–Trinajstić information content (AvgIpc) is 3.19. The van der Waals surface area contributed by atoms with Crippen molar-refractivity contribution in [1.82, 2.24) is 19.9 Å². The Labute approximate surface area is 217 Å². The van der Waals surface area contributed by atoms with Crippen LogP contribution in [0.15, 0.2) is 42.7 Å². The predicted molar refractivity (Wildman–Crippen MR) is 132 cm³/mol. The highest BCUT2D eigenvalue weighted by atomic mass is 79.9. The van der Waals surface area contributed by atoms with Crippen LogP contribution in [0.4, 0.5) is 46.5 Å². The molecule has 194 valence electrons. The summed E-state index contributed by atoms with van der Waals surface area (Å²) < 4.78 is 54.5. The number of carbonyl (C=O) groups is 2. The van der Waals surface area contributed by atoms with Gasteiger partial charge in [0, 0.05) is 26.3 Å². The number of nitrogens with one attached hydrogen (secondary N) is 2. The zero-order valence-corrected chi connectivity index (χ0v) is 20.9. The number of alkyl halides is 5. The number of hydrogen-bond donors (Lipinski definition) is 2. The van der Waals surface area contributed by atoms with Crippen LogP contribution in [0, 0.1) is 0 Å². The van der Waals surface area contributed by atoms with E-state index in [9.17, 15) is 27.2 Å². The summed E-state index contributed by atoms with van der Waals surface area (Å²) in [4.78, 5) is 38.8. The SMILES string of the molecule is CN(c1cccc2c1C(=O)N(CCF)C2)c1nc(Nc2ccc(NC(=O)CBr)cn2)ncc1C(F)(F)F. The summed E-state index contributed by atoms with van der Waals surface area (Å²) in [5.41, 5.74) is 0.296. The molecule has 0 unspecified atom stereocenters. The molecule has 2 amide bonds. The average molecular weight is 582 g/mol. The lowest BCUT2D eigenvalue weighted by molar-refractivity contribution is -0.137. The van der Waals surface area contributed by atoms with Crippen molar-refractivity contribution in [1.29, 1.82) is 0 Å². The highest BCUT2D eigenvalue weighted by Gasteiger charge is 2.38. The molecule has 0 fully saturated rings. The number of amides is 2. The van der Waals surface area contributed by atoms with Gasteiger partial charge >= 0.3 is 6.18 Å². The van der Waals surface area contributed by atoms with Gasteiger partial charge in [-0.15, -0.1) is 0 Å². The molecule has 14 heteroatoms. The monoisotopic (exact) mass is 581 g/mol. The third kappa shape index (κ3) is 5.63. The van der Waals surface area contributed by atoms with Crippen LogP contribution in [0.5, 0.6) is 0 Å². The minimum atomic E-state index is -4.78. The summed E-state index contributed by atoms with van der Waals surface area (Å²) in [6.07, 6.45) is -2.77. The second kappa shape index (κ2) is 10.7. The Bertz CT molecular complexity index is 1320. The number of pyridine rings is 1. The van der Waals surface area contributed by atoms with Gasteiger partial charge in [0.1, 0.15) is 18.1 Å². The maximum atomic E-state index is 13.9. The lowest BCUT2D eigenvalue weighted by Gasteiger charge is -2.24. The third-order valence-electron chi connectivity index (χ3n) is 5.51. The molecule has 3 heterocycles. The van der Waals surface area contributed by atoms with Crippen molar-refractivity contribution in [3.8, 4) is 0 Å². The van der Waals surface area contributed by atoms with Gasteiger partial charge in [0.15, 0.2) is 5.82 Å². The summed E-state index contributed by atoms with van der Waals surface area (Å²) in [6, 6.07) is 7.85. The van der Waals surface area contributed by atoms with Gasteiger partial charge in [-0.05, 0) is 23.8 Å². The van der Waals surface area contributed by atoms with Crippen LogP contribution in [0.2, 0.25) is 0 Å². The lowest BCUT2D eigenvalue weighted by atomic mass is 10.1. The van der Waals surface area contributed by atoms with Gasteiger partial charge in [0.25, 0.3) is 5.91 Å². The Kier molecular flexibility index (Phi) is 7.57. The van der Waals surface area contributed by atoms with Gasteiger partial charge in [0.2, 0.25) is 11.9 Å². The second-order valence-corrected chi connectivity index (χ2v) is 8.51. The van der Waals surface area contributed by atoms with E-state index in [1.54, 1.807) is 18.2 Å². The zero-order chi connectivity index (χ0) is 26.7. The Morgan fingerprint density at radius 1 is 1.19 bits per heavy atom. The highest BCUT2D eigenvalue weighted by Crippen LogP contribution is 2.40. The minimum Gasteiger partial charge on any atom is -0.332 e. The maximum absolute atomic E-state index is 13.9. The van der Waals surface area contributed by atoms with Crippen molar-refractivity contribution in [2.24, 2.45) is 0 Å². The van der Waals surface area contributed by atoms with Gasteiger partial charge < -0.3 is 20.4 Å². The number of anilines is 5. The van der Waals surface area contributed by atoms with Crippen LogP contribution in [-0.2, 0) is 17.5 Å². The number of fused-ring (bicyclic) bond motifs is 1. The number of nitrogens with zero attached hydrogens (tertiary/aromatic N) is 5. The first-order valence-corrected chi connectivity index (χ1v) is 12.0.